The molecule has 0 spiro atoms. The third-order valence-corrected chi connectivity index (χ3v) is 6.81. The fraction of sp³-hybridized carbons (Fsp3) is 0.500. The summed E-state index contributed by atoms with van der Waals surface area (Å²) < 4.78 is 10.7. The van der Waals surface area contributed by atoms with Gasteiger partial charge < -0.3 is 14.7 Å². The van der Waals surface area contributed by atoms with E-state index >= 15 is 0 Å². The second kappa shape index (κ2) is 15.9. The Labute approximate surface area is 215 Å². The van der Waals surface area contributed by atoms with Crippen molar-refractivity contribution < 1.29 is 58.1 Å². The number of imide groups is 1. The molecule has 0 aliphatic carbocycles. The molecule has 1 aromatic heterocycles. The van der Waals surface area contributed by atoms with Gasteiger partial charge in [-0.25, -0.2) is 9.78 Å². The number of rotatable bonds is 13. The summed E-state index contributed by atoms with van der Waals surface area (Å²) in [6.45, 7) is 0.511. The maximum Gasteiger partial charge on any atom is 1.00 e. The molecule has 9 nitrogen and oxygen atoms in total. The Kier molecular flexibility index (Phi) is 14.5. The van der Waals surface area contributed by atoms with Crippen molar-refractivity contribution in [1.29, 1.82) is 0 Å². The van der Waals surface area contributed by atoms with E-state index in [4.69, 9.17) is 4.84 Å². The molecule has 0 radical (unpaired) electrons. The normalized spacial score (nSPS) is 15.5. The van der Waals surface area contributed by atoms with Gasteiger partial charge in [0.25, 0.3) is 11.8 Å². The van der Waals surface area contributed by atoms with Gasteiger partial charge >= 0.3 is 35.5 Å². The van der Waals surface area contributed by atoms with E-state index in [0.717, 1.165) is 5.03 Å². The maximum absolute atomic E-state index is 11.8. The Hall–Kier alpha value is -0.760. The van der Waals surface area contributed by atoms with E-state index in [1.165, 1.54) is 10.8 Å². The fourth-order valence-corrected chi connectivity index (χ4v) is 4.68. The predicted molar refractivity (Wildman–Crippen MR) is 113 cm³/mol. The van der Waals surface area contributed by atoms with E-state index < -0.39 is 23.0 Å². The number of nitrogens with zero attached hydrogens (tertiary/aromatic N) is 2. The number of hydroxylamine groups is 2. The molecule has 0 aromatic carbocycles. The Morgan fingerprint density at radius 1 is 1.23 bits per heavy atom. The summed E-state index contributed by atoms with van der Waals surface area (Å²) in [5.41, 5.74) is 0. The van der Waals surface area contributed by atoms with Crippen molar-refractivity contribution >= 4 is 57.3 Å². The number of hydrogen-bond donors (Lipinski definition) is 1. The summed E-state index contributed by atoms with van der Waals surface area (Å²) in [6, 6.07) is 5.68. The zero-order chi connectivity index (χ0) is 21.8. The van der Waals surface area contributed by atoms with E-state index in [-0.39, 0.29) is 60.3 Å². The van der Waals surface area contributed by atoms with Gasteiger partial charge in [-0.2, -0.15) is 0 Å². The molecule has 1 N–H and O–H groups in total. The molecule has 3 amide bonds. The Balaban J connectivity index is 0.00000480. The van der Waals surface area contributed by atoms with Gasteiger partial charge in [0.1, 0.15) is 5.03 Å². The molecule has 0 bridgehead atoms. The van der Waals surface area contributed by atoms with Crippen molar-refractivity contribution in [3.8, 4) is 0 Å². The molecule has 1 aromatic rings. The molecule has 164 valence electrons. The summed E-state index contributed by atoms with van der Waals surface area (Å²) in [4.78, 5) is 55.7. The standard InChI is InChI=1S/C18H23N3O6S3.Na/c22-14(8-11-28-30-15-6-3-5-10-20-15)19-9-4-1-2-7-17(24)27-21-16(23)12-13(29-26)18(21)25;/h3,5-6,10,13,26H,1-2,4,7-9,11-12H2,(H,19,22);/q;+1/p-1. The summed E-state index contributed by atoms with van der Waals surface area (Å²) in [5.74, 6) is -1.51. The molecule has 1 saturated heterocycles. The quantitative estimate of drug-likeness (QED) is 0.124. The first kappa shape index (κ1) is 28.3. The van der Waals surface area contributed by atoms with E-state index in [9.17, 15) is 23.7 Å². The summed E-state index contributed by atoms with van der Waals surface area (Å²) >= 11 is 0.0162. The van der Waals surface area contributed by atoms with Gasteiger partial charge in [0.05, 0.1) is 11.7 Å². The van der Waals surface area contributed by atoms with Crippen LogP contribution in [0.4, 0.5) is 0 Å². The van der Waals surface area contributed by atoms with Gasteiger partial charge in [-0.3, -0.25) is 26.4 Å². The largest absolute Gasteiger partial charge is 1.00 e. The van der Waals surface area contributed by atoms with Crippen LogP contribution >= 0.6 is 33.6 Å². The molecule has 13 heteroatoms. The minimum Gasteiger partial charge on any atom is -0.798 e. The molecule has 2 rings (SSSR count). The van der Waals surface area contributed by atoms with Crippen LogP contribution in [-0.2, 0) is 24.0 Å². The Bertz CT molecular complexity index is 744. The molecule has 0 saturated carbocycles. The molecule has 1 aliphatic rings. The van der Waals surface area contributed by atoms with E-state index in [1.54, 1.807) is 17.0 Å². The number of aromatic nitrogens is 1. The van der Waals surface area contributed by atoms with Crippen molar-refractivity contribution in [3.05, 3.63) is 24.4 Å². The SMILES string of the molecule is O=C(CCSSc1ccccn1)NCCCCCC(=O)ON1C(=O)CC(S[O-])C1=O.[Na+]. The van der Waals surface area contributed by atoms with Crippen LogP contribution in [0.15, 0.2) is 29.4 Å². The first-order valence-corrected chi connectivity index (χ1v) is 12.5. The second-order valence-electron chi connectivity index (χ2n) is 6.26. The van der Waals surface area contributed by atoms with Crippen LogP contribution in [0.5, 0.6) is 0 Å². The molecular formula is C18H22N3NaO6S3. The molecular weight excluding hydrogens is 473 g/mol. The predicted octanol–water partition coefficient (Wildman–Crippen LogP) is -0.658. The van der Waals surface area contributed by atoms with Crippen LogP contribution in [0.1, 0.15) is 38.5 Å². The summed E-state index contributed by atoms with van der Waals surface area (Å²) in [5, 5.41) is 3.10. The van der Waals surface area contributed by atoms with Crippen molar-refractivity contribution in [2.75, 3.05) is 12.3 Å². The number of pyridine rings is 1. The molecule has 2 heterocycles. The first-order chi connectivity index (χ1) is 14.5. The number of carbonyl (C=O) groups excluding carboxylic acids is 4. The number of hydrogen-bond acceptors (Lipinski definition) is 10. The van der Waals surface area contributed by atoms with Crippen LogP contribution < -0.4 is 34.9 Å². The minimum atomic E-state index is -1.03. The zero-order valence-corrected chi connectivity index (χ0v) is 21.6. The van der Waals surface area contributed by atoms with Gasteiger partial charge in [0.15, 0.2) is 0 Å². The van der Waals surface area contributed by atoms with Gasteiger partial charge in [-0.15, -0.1) is 5.06 Å². The molecule has 1 aliphatic heterocycles. The van der Waals surface area contributed by atoms with Crippen molar-refractivity contribution in [2.24, 2.45) is 0 Å². The topological polar surface area (TPSA) is 129 Å². The van der Waals surface area contributed by atoms with Crippen LogP contribution in [0.25, 0.3) is 0 Å². The van der Waals surface area contributed by atoms with Gasteiger partial charge in [-0.1, -0.05) is 23.3 Å². The van der Waals surface area contributed by atoms with Crippen LogP contribution in [0.3, 0.4) is 0 Å². The van der Waals surface area contributed by atoms with Crippen molar-refractivity contribution in [1.82, 2.24) is 15.4 Å². The van der Waals surface area contributed by atoms with Crippen molar-refractivity contribution in [2.45, 2.75) is 48.8 Å². The first-order valence-electron chi connectivity index (χ1n) is 9.34. The van der Waals surface area contributed by atoms with Gasteiger partial charge in [0.2, 0.25) is 5.91 Å². The van der Waals surface area contributed by atoms with Gasteiger partial charge in [0, 0.05) is 31.3 Å². The summed E-state index contributed by atoms with van der Waals surface area (Å²) in [7, 11) is 3.10. The molecule has 1 fully saturated rings. The van der Waals surface area contributed by atoms with Crippen LogP contribution in [0.2, 0.25) is 0 Å². The average molecular weight is 496 g/mol. The number of carbonyl (C=O) groups is 4. The average Bonchev–Trinajstić information content (AvgIpc) is 3.02. The van der Waals surface area contributed by atoms with E-state index in [0.29, 0.717) is 43.0 Å². The van der Waals surface area contributed by atoms with E-state index in [1.807, 2.05) is 18.2 Å². The second-order valence-corrected chi connectivity index (χ2v) is 9.46. The smallest absolute Gasteiger partial charge is 0.798 e. The number of unbranched alkanes of at least 4 members (excludes halogenated alkanes) is 2. The van der Waals surface area contributed by atoms with E-state index in [2.05, 4.69) is 10.3 Å². The molecule has 31 heavy (non-hydrogen) atoms. The monoisotopic (exact) mass is 495 g/mol. The van der Waals surface area contributed by atoms with Crippen LogP contribution in [-0.4, -0.2) is 55.8 Å². The van der Waals surface area contributed by atoms with Crippen LogP contribution in [0, 0.1) is 0 Å². The third-order valence-electron chi connectivity index (χ3n) is 3.95. The Morgan fingerprint density at radius 2 is 2.03 bits per heavy atom. The van der Waals surface area contributed by atoms with Gasteiger partial charge in [-0.05, 0) is 35.8 Å². The fourth-order valence-electron chi connectivity index (χ4n) is 2.42. The minimum absolute atomic E-state index is 0. The molecule has 1 unspecified atom stereocenters. The summed E-state index contributed by atoms with van der Waals surface area (Å²) in [6.07, 6.45) is 3.82. The molecule has 1 atom stereocenters. The number of nitrogens with one attached hydrogen (secondary N) is 1. The zero-order valence-electron chi connectivity index (χ0n) is 17.1. The third kappa shape index (κ3) is 10.6. The van der Waals surface area contributed by atoms with Crippen molar-refractivity contribution in [3.63, 3.8) is 0 Å². The number of amides is 3. The Morgan fingerprint density at radius 3 is 2.71 bits per heavy atom. The maximum atomic E-state index is 11.8.